The lowest BCUT2D eigenvalue weighted by Gasteiger charge is -2.53. The van der Waals surface area contributed by atoms with E-state index in [0.717, 1.165) is 11.1 Å². The zero-order valence-electron chi connectivity index (χ0n) is 16.6. The van der Waals surface area contributed by atoms with E-state index in [4.69, 9.17) is 0 Å². The van der Waals surface area contributed by atoms with E-state index in [9.17, 15) is 18.8 Å². The Morgan fingerprint density at radius 1 is 1.03 bits per heavy atom. The molecule has 2 aromatic rings. The van der Waals surface area contributed by atoms with Gasteiger partial charge in [0, 0.05) is 20.0 Å². The van der Waals surface area contributed by atoms with Crippen LogP contribution in [0.15, 0.2) is 54.6 Å². The van der Waals surface area contributed by atoms with Gasteiger partial charge in [0.05, 0.1) is 13.1 Å². The van der Waals surface area contributed by atoms with E-state index in [0.29, 0.717) is 12.8 Å². The third kappa shape index (κ3) is 3.78. The number of hydrogen-bond donors (Lipinski definition) is 0. The highest BCUT2D eigenvalue weighted by atomic mass is 19.1. The van der Waals surface area contributed by atoms with Gasteiger partial charge in [0.15, 0.2) is 0 Å². The maximum Gasteiger partial charge on any atom is 0.246 e. The largest absolute Gasteiger partial charge is 0.333 e. The first-order valence-electron chi connectivity index (χ1n) is 9.81. The number of carbonyl (C=O) groups excluding carboxylic acids is 3. The van der Waals surface area contributed by atoms with Crippen molar-refractivity contribution in [2.24, 2.45) is 0 Å². The molecule has 0 aliphatic carbocycles. The molecule has 1 unspecified atom stereocenters. The molecule has 2 aromatic carbocycles. The van der Waals surface area contributed by atoms with Gasteiger partial charge >= 0.3 is 0 Å². The number of likely N-dealkylation sites (N-methyl/N-ethyl adjacent to an activating group) is 1. The van der Waals surface area contributed by atoms with E-state index in [1.807, 2.05) is 30.3 Å². The number of benzene rings is 2. The quantitative estimate of drug-likeness (QED) is 0.696. The number of piperazine rings is 1. The maximum atomic E-state index is 13.4. The lowest BCUT2D eigenvalue weighted by atomic mass is 9.98. The van der Waals surface area contributed by atoms with Gasteiger partial charge in [0.2, 0.25) is 18.2 Å². The number of halogens is 1. The van der Waals surface area contributed by atoms with Gasteiger partial charge in [0.1, 0.15) is 18.0 Å². The van der Waals surface area contributed by atoms with E-state index >= 15 is 0 Å². The molecule has 3 amide bonds. The van der Waals surface area contributed by atoms with Crippen molar-refractivity contribution in [3.05, 3.63) is 71.5 Å². The average molecular weight is 410 g/mol. The summed E-state index contributed by atoms with van der Waals surface area (Å²) in [6.45, 7) is 0.501. The third-order valence-corrected chi connectivity index (χ3v) is 5.66. The molecule has 8 heteroatoms. The van der Waals surface area contributed by atoms with Gasteiger partial charge < -0.3 is 9.80 Å². The molecule has 2 aliphatic rings. The van der Waals surface area contributed by atoms with Crippen molar-refractivity contribution < 1.29 is 18.8 Å². The molecule has 2 aliphatic heterocycles. The molecule has 2 fully saturated rings. The first-order chi connectivity index (χ1) is 14.5. The first kappa shape index (κ1) is 20.0. The Morgan fingerprint density at radius 2 is 1.73 bits per heavy atom. The van der Waals surface area contributed by atoms with Gasteiger partial charge in [-0.25, -0.2) is 9.40 Å². The molecule has 2 heterocycles. The molecule has 2 saturated heterocycles. The molecule has 0 N–H and O–H groups in total. The number of amides is 3. The number of hydrogen-bond acceptors (Lipinski definition) is 4. The van der Waals surface area contributed by atoms with Crippen LogP contribution in [-0.2, 0) is 27.3 Å². The van der Waals surface area contributed by atoms with Gasteiger partial charge in [-0.15, -0.1) is 0 Å². The number of carbonyl (C=O) groups is 3. The van der Waals surface area contributed by atoms with Crippen LogP contribution in [-0.4, -0.2) is 70.4 Å². The van der Waals surface area contributed by atoms with Crippen molar-refractivity contribution in [3.8, 4) is 0 Å². The van der Waals surface area contributed by atoms with E-state index in [2.05, 4.69) is 0 Å². The Morgan fingerprint density at radius 3 is 2.40 bits per heavy atom. The molecular formula is C22H23FN4O3. The number of nitrogens with zero attached hydrogens (tertiary/aromatic N) is 4. The highest BCUT2D eigenvalue weighted by molar-refractivity contribution is 5.91. The summed E-state index contributed by atoms with van der Waals surface area (Å²) in [5.41, 5.74) is 1.72. The van der Waals surface area contributed by atoms with Crippen LogP contribution in [0.4, 0.5) is 4.39 Å². The minimum atomic E-state index is -0.713. The molecular weight excluding hydrogens is 387 g/mol. The van der Waals surface area contributed by atoms with Gasteiger partial charge in [-0.05, 0) is 23.3 Å². The number of rotatable bonds is 5. The lowest BCUT2D eigenvalue weighted by molar-refractivity contribution is -0.196. The van der Waals surface area contributed by atoms with Crippen LogP contribution in [0, 0.1) is 5.82 Å². The number of fused-ring (bicyclic) bond motifs is 1. The van der Waals surface area contributed by atoms with Crippen LogP contribution >= 0.6 is 0 Å². The van der Waals surface area contributed by atoms with Crippen molar-refractivity contribution in [1.82, 2.24) is 19.8 Å². The lowest BCUT2D eigenvalue weighted by Crippen LogP contribution is -2.74. The van der Waals surface area contributed by atoms with Gasteiger partial charge in [-0.1, -0.05) is 42.5 Å². The van der Waals surface area contributed by atoms with Gasteiger partial charge in [-0.3, -0.25) is 19.4 Å². The minimum absolute atomic E-state index is 0.0335. The van der Waals surface area contributed by atoms with Gasteiger partial charge in [-0.2, -0.15) is 0 Å². The van der Waals surface area contributed by atoms with E-state index in [-0.39, 0.29) is 37.3 Å². The SMILES string of the molecule is CN1CC(=O)N2C(CN(Cc3ccc(F)cc3)C(=O)[C@@H]2Cc2ccccc2)N1C=O. The fraction of sp³-hybridized carbons (Fsp3) is 0.318. The first-order valence-corrected chi connectivity index (χ1v) is 9.81. The molecule has 0 aromatic heterocycles. The second-order valence-corrected chi connectivity index (χ2v) is 7.63. The molecule has 30 heavy (non-hydrogen) atoms. The van der Waals surface area contributed by atoms with Crippen molar-refractivity contribution in [1.29, 1.82) is 0 Å². The smallest absolute Gasteiger partial charge is 0.246 e. The van der Waals surface area contributed by atoms with Crippen molar-refractivity contribution in [2.75, 3.05) is 20.1 Å². The summed E-state index contributed by atoms with van der Waals surface area (Å²) in [5, 5.41) is 3.03. The molecule has 0 saturated carbocycles. The summed E-state index contributed by atoms with van der Waals surface area (Å²) in [7, 11) is 1.68. The normalized spacial score (nSPS) is 22.3. The molecule has 0 radical (unpaired) electrons. The summed E-state index contributed by atoms with van der Waals surface area (Å²) < 4.78 is 13.3. The minimum Gasteiger partial charge on any atom is -0.333 e. The fourth-order valence-electron chi connectivity index (χ4n) is 4.18. The van der Waals surface area contributed by atoms with E-state index in [1.54, 1.807) is 34.0 Å². The fourth-order valence-corrected chi connectivity index (χ4v) is 4.18. The highest BCUT2D eigenvalue weighted by Gasteiger charge is 2.48. The summed E-state index contributed by atoms with van der Waals surface area (Å²) in [4.78, 5) is 41.3. The van der Waals surface area contributed by atoms with Crippen LogP contribution in [0.1, 0.15) is 11.1 Å². The summed E-state index contributed by atoms with van der Waals surface area (Å²) >= 11 is 0. The Kier molecular flexibility index (Phi) is 5.50. The summed E-state index contributed by atoms with van der Waals surface area (Å²) in [6, 6.07) is 14.8. The van der Waals surface area contributed by atoms with Crippen LogP contribution in [0.2, 0.25) is 0 Å². The Hall–Kier alpha value is -3.26. The molecule has 4 rings (SSSR count). The average Bonchev–Trinajstić information content (AvgIpc) is 2.73. The van der Waals surface area contributed by atoms with Crippen molar-refractivity contribution in [3.63, 3.8) is 0 Å². The van der Waals surface area contributed by atoms with Crippen LogP contribution in [0.3, 0.4) is 0 Å². The predicted octanol–water partition coefficient (Wildman–Crippen LogP) is 1.25. The molecule has 156 valence electrons. The number of hydrazine groups is 1. The topological polar surface area (TPSA) is 64.2 Å². The van der Waals surface area contributed by atoms with Crippen molar-refractivity contribution >= 4 is 18.2 Å². The van der Waals surface area contributed by atoms with Gasteiger partial charge in [0.25, 0.3) is 0 Å². The Balaban J connectivity index is 1.67. The Bertz CT molecular complexity index is 937. The van der Waals surface area contributed by atoms with Crippen molar-refractivity contribution in [2.45, 2.75) is 25.2 Å². The predicted molar refractivity (Wildman–Crippen MR) is 107 cm³/mol. The van der Waals surface area contributed by atoms with Crippen LogP contribution in [0.5, 0.6) is 0 Å². The maximum absolute atomic E-state index is 13.4. The molecule has 7 nitrogen and oxygen atoms in total. The zero-order chi connectivity index (χ0) is 21.3. The standard InChI is InChI=1S/C22H23FN4O3/c1-24-14-21(29)27-19(11-16-5-3-2-4-6-16)22(30)25(13-20(27)26(24)15-28)12-17-7-9-18(23)10-8-17/h2-10,15,19-20H,11-14H2,1H3/t19-,20?/m0/s1. The summed E-state index contributed by atoms with van der Waals surface area (Å²) in [6.07, 6.45) is 0.467. The second-order valence-electron chi connectivity index (χ2n) is 7.63. The monoisotopic (exact) mass is 410 g/mol. The third-order valence-electron chi connectivity index (χ3n) is 5.66. The highest BCUT2D eigenvalue weighted by Crippen LogP contribution is 2.27. The summed E-state index contributed by atoms with van der Waals surface area (Å²) in [5.74, 6) is -0.706. The zero-order valence-corrected chi connectivity index (χ0v) is 16.6. The van der Waals surface area contributed by atoms with E-state index < -0.39 is 12.2 Å². The van der Waals surface area contributed by atoms with E-state index in [1.165, 1.54) is 17.1 Å². The Labute approximate surface area is 174 Å². The molecule has 0 spiro atoms. The second kappa shape index (κ2) is 8.23. The van der Waals surface area contributed by atoms with Crippen LogP contribution < -0.4 is 0 Å². The van der Waals surface area contributed by atoms with Crippen LogP contribution in [0.25, 0.3) is 0 Å². The molecule has 2 atom stereocenters. The molecule has 0 bridgehead atoms.